The molecule has 1 heterocycles. The Kier molecular flexibility index (Phi) is 6.92. The third kappa shape index (κ3) is 4.97. The van der Waals surface area contributed by atoms with E-state index in [1.54, 1.807) is 11.9 Å². The number of hydrogen-bond donors (Lipinski definition) is 0. The second-order valence-electron chi connectivity index (χ2n) is 8.45. The van der Waals surface area contributed by atoms with E-state index in [0.29, 0.717) is 26.2 Å². The van der Waals surface area contributed by atoms with Crippen LogP contribution in [0.25, 0.3) is 0 Å². The lowest BCUT2D eigenvalue weighted by Gasteiger charge is -2.39. The predicted octanol–water partition coefficient (Wildman–Crippen LogP) is 2.83. The van der Waals surface area contributed by atoms with E-state index in [-0.39, 0.29) is 11.8 Å². The van der Waals surface area contributed by atoms with Crippen molar-refractivity contribution in [3.8, 4) is 6.07 Å². The minimum Gasteiger partial charge on any atom is -0.337 e. The van der Waals surface area contributed by atoms with Crippen molar-refractivity contribution < 1.29 is 9.59 Å². The van der Waals surface area contributed by atoms with Crippen LogP contribution in [0.2, 0.25) is 0 Å². The molecule has 29 heavy (non-hydrogen) atoms. The highest BCUT2D eigenvalue weighted by molar-refractivity contribution is 5.94. The second-order valence-corrected chi connectivity index (χ2v) is 8.45. The summed E-state index contributed by atoms with van der Waals surface area (Å²) in [4.78, 5) is 31.4. The van der Waals surface area contributed by atoms with Gasteiger partial charge in [-0.05, 0) is 38.3 Å². The van der Waals surface area contributed by atoms with Crippen LogP contribution >= 0.6 is 0 Å². The summed E-state index contributed by atoms with van der Waals surface area (Å²) >= 11 is 0. The largest absolute Gasteiger partial charge is 0.337 e. The zero-order valence-electron chi connectivity index (χ0n) is 17.7. The molecule has 1 aliphatic heterocycles. The van der Waals surface area contributed by atoms with Gasteiger partial charge in [-0.2, -0.15) is 5.26 Å². The molecule has 3 rings (SSSR count). The minimum absolute atomic E-state index is 0.00640. The van der Waals surface area contributed by atoms with Crippen molar-refractivity contribution in [2.24, 2.45) is 0 Å². The Balaban J connectivity index is 1.57. The SMILES string of the molecule is Cc1cccc(C(=O)N2CCCN(CC(=O)N(C)C3(C#N)CCCCC3)CC2)c1. The Morgan fingerprint density at radius 3 is 2.55 bits per heavy atom. The van der Waals surface area contributed by atoms with Crippen LogP contribution in [-0.2, 0) is 4.79 Å². The van der Waals surface area contributed by atoms with E-state index < -0.39 is 5.54 Å². The molecule has 1 saturated carbocycles. The van der Waals surface area contributed by atoms with Gasteiger partial charge in [0.1, 0.15) is 5.54 Å². The third-order valence-electron chi connectivity index (χ3n) is 6.40. The van der Waals surface area contributed by atoms with Gasteiger partial charge in [-0.15, -0.1) is 0 Å². The highest BCUT2D eigenvalue weighted by Crippen LogP contribution is 2.32. The fourth-order valence-electron chi connectivity index (χ4n) is 4.49. The first kappa shape index (κ1) is 21.3. The lowest BCUT2D eigenvalue weighted by Crippen LogP contribution is -2.52. The van der Waals surface area contributed by atoms with Crippen LogP contribution < -0.4 is 0 Å². The van der Waals surface area contributed by atoms with Gasteiger partial charge >= 0.3 is 0 Å². The molecule has 0 bridgehead atoms. The molecule has 1 aliphatic carbocycles. The number of carbonyl (C=O) groups is 2. The molecule has 1 aromatic rings. The molecular weight excluding hydrogens is 364 g/mol. The second kappa shape index (κ2) is 9.41. The zero-order valence-corrected chi connectivity index (χ0v) is 17.7. The van der Waals surface area contributed by atoms with Gasteiger partial charge in [0, 0.05) is 38.8 Å². The van der Waals surface area contributed by atoms with Crippen LogP contribution in [-0.4, -0.2) is 71.8 Å². The number of amides is 2. The molecule has 0 unspecified atom stereocenters. The molecule has 0 N–H and O–H groups in total. The number of nitrogens with zero attached hydrogens (tertiary/aromatic N) is 4. The Hall–Kier alpha value is -2.39. The van der Waals surface area contributed by atoms with Crippen molar-refractivity contribution in [1.82, 2.24) is 14.7 Å². The fourth-order valence-corrected chi connectivity index (χ4v) is 4.49. The van der Waals surface area contributed by atoms with Crippen molar-refractivity contribution in [1.29, 1.82) is 5.26 Å². The summed E-state index contributed by atoms with van der Waals surface area (Å²) in [6, 6.07) is 10.1. The van der Waals surface area contributed by atoms with E-state index in [0.717, 1.165) is 56.2 Å². The third-order valence-corrected chi connectivity index (χ3v) is 6.40. The summed E-state index contributed by atoms with van der Waals surface area (Å²) in [6.07, 6.45) is 5.53. The quantitative estimate of drug-likeness (QED) is 0.785. The normalized spacial score (nSPS) is 19.8. The van der Waals surface area contributed by atoms with Crippen LogP contribution in [0.4, 0.5) is 0 Å². The standard InChI is InChI=1S/C23H32N4O2/c1-19-8-6-9-20(16-19)22(29)27-13-7-12-26(14-15-27)17-21(28)25(2)23(18-24)10-4-3-5-11-23/h6,8-9,16H,3-5,7,10-15,17H2,1-2H3. The lowest BCUT2D eigenvalue weighted by atomic mass is 9.81. The number of aryl methyl sites for hydroxylation is 1. The topological polar surface area (TPSA) is 67.7 Å². The molecular formula is C23H32N4O2. The van der Waals surface area contributed by atoms with E-state index >= 15 is 0 Å². The van der Waals surface area contributed by atoms with E-state index in [9.17, 15) is 14.9 Å². The van der Waals surface area contributed by atoms with Crippen molar-refractivity contribution >= 4 is 11.8 Å². The number of rotatable bonds is 4. The van der Waals surface area contributed by atoms with Gasteiger partial charge in [0.15, 0.2) is 0 Å². The number of carbonyl (C=O) groups excluding carboxylic acids is 2. The first-order chi connectivity index (χ1) is 13.9. The number of hydrogen-bond acceptors (Lipinski definition) is 4. The molecule has 6 heteroatoms. The van der Waals surface area contributed by atoms with E-state index in [4.69, 9.17) is 0 Å². The molecule has 6 nitrogen and oxygen atoms in total. The van der Waals surface area contributed by atoms with E-state index in [1.165, 1.54) is 0 Å². The Labute approximate surface area is 174 Å². The van der Waals surface area contributed by atoms with Gasteiger partial charge < -0.3 is 9.80 Å². The molecule has 2 aliphatic rings. The monoisotopic (exact) mass is 396 g/mol. The van der Waals surface area contributed by atoms with Gasteiger partial charge in [-0.1, -0.05) is 37.0 Å². The first-order valence-electron chi connectivity index (χ1n) is 10.7. The van der Waals surface area contributed by atoms with E-state index in [1.807, 2.05) is 36.1 Å². The maximum Gasteiger partial charge on any atom is 0.253 e. The Morgan fingerprint density at radius 1 is 1.10 bits per heavy atom. The fraction of sp³-hybridized carbons (Fsp3) is 0.609. The van der Waals surface area contributed by atoms with Gasteiger partial charge in [0.2, 0.25) is 5.91 Å². The summed E-state index contributed by atoms with van der Waals surface area (Å²) < 4.78 is 0. The molecule has 2 amide bonds. The van der Waals surface area contributed by atoms with Crippen LogP contribution in [0.3, 0.4) is 0 Å². The maximum absolute atomic E-state index is 12.9. The smallest absolute Gasteiger partial charge is 0.253 e. The molecule has 0 atom stereocenters. The van der Waals surface area contributed by atoms with Crippen LogP contribution in [0, 0.1) is 18.3 Å². The minimum atomic E-state index is -0.644. The summed E-state index contributed by atoms with van der Waals surface area (Å²) in [5.41, 5.74) is 1.16. The molecule has 0 aromatic heterocycles. The Bertz CT molecular complexity index is 779. The van der Waals surface area contributed by atoms with Crippen molar-refractivity contribution in [3.63, 3.8) is 0 Å². The average Bonchev–Trinajstić information content (AvgIpc) is 2.98. The van der Waals surface area contributed by atoms with Gasteiger partial charge in [0.25, 0.3) is 5.91 Å². The predicted molar refractivity (Wildman–Crippen MR) is 112 cm³/mol. The Morgan fingerprint density at radius 2 is 1.86 bits per heavy atom. The van der Waals surface area contributed by atoms with Gasteiger partial charge in [-0.3, -0.25) is 14.5 Å². The average molecular weight is 397 g/mol. The summed E-state index contributed by atoms with van der Waals surface area (Å²) in [7, 11) is 1.78. The van der Waals surface area contributed by atoms with Crippen molar-refractivity contribution in [3.05, 3.63) is 35.4 Å². The zero-order chi connectivity index (χ0) is 20.9. The molecule has 156 valence electrons. The van der Waals surface area contributed by atoms with Crippen LogP contribution in [0.1, 0.15) is 54.4 Å². The molecule has 1 aromatic carbocycles. The van der Waals surface area contributed by atoms with Crippen LogP contribution in [0.15, 0.2) is 24.3 Å². The van der Waals surface area contributed by atoms with Gasteiger partial charge in [0.05, 0.1) is 12.6 Å². The molecule has 1 saturated heterocycles. The maximum atomic E-state index is 12.9. The number of benzene rings is 1. The lowest BCUT2D eigenvalue weighted by molar-refractivity contribution is -0.136. The van der Waals surface area contributed by atoms with Crippen LogP contribution in [0.5, 0.6) is 0 Å². The summed E-state index contributed by atoms with van der Waals surface area (Å²) in [6.45, 7) is 5.09. The summed E-state index contributed by atoms with van der Waals surface area (Å²) in [5.74, 6) is 0.0662. The molecule has 0 spiro atoms. The van der Waals surface area contributed by atoms with Crippen molar-refractivity contribution in [2.45, 2.75) is 51.0 Å². The molecule has 2 fully saturated rings. The van der Waals surface area contributed by atoms with Crippen molar-refractivity contribution in [2.75, 3.05) is 39.8 Å². The number of nitriles is 1. The summed E-state index contributed by atoms with van der Waals surface area (Å²) in [5, 5.41) is 9.73. The first-order valence-corrected chi connectivity index (χ1v) is 10.7. The molecule has 0 radical (unpaired) electrons. The van der Waals surface area contributed by atoms with E-state index in [2.05, 4.69) is 11.0 Å². The highest BCUT2D eigenvalue weighted by atomic mass is 16.2. The number of likely N-dealkylation sites (N-methyl/N-ethyl adjacent to an activating group) is 1. The highest BCUT2D eigenvalue weighted by Gasteiger charge is 2.39. The van der Waals surface area contributed by atoms with Gasteiger partial charge in [-0.25, -0.2) is 0 Å².